The highest BCUT2D eigenvalue weighted by atomic mass is 16.9. The average Bonchev–Trinajstić information content (AvgIpc) is 2.56. The minimum atomic E-state index is -0.597. The Morgan fingerprint density at radius 1 is 1.00 bits per heavy atom. The van der Waals surface area contributed by atoms with Crippen LogP contribution in [0.15, 0.2) is 60.7 Å². The Morgan fingerprint density at radius 3 is 2.18 bits per heavy atom. The number of rotatable bonds is 4. The van der Waals surface area contributed by atoms with Gasteiger partial charge in [0.15, 0.2) is 6.29 Å². The number of nitrogens with zero attached hydrogens (tertiary/aromatic N) is 1. The van der Waals surface area contributed by atoms with E-state index in [1.54, 1.807) is 6.21 Å². The summed E-state index contributed by atoms with van der Waals surface area (Å²) in [6.45, 7) is 2.39. The van der Waals surface area contributed by atoms with Crippen molar-refractivity contribution in [2.75, 3.05) is 6.61 Å². The van der Waals surface area contributed by atoms with Crippen LogP contribution in [0.25, 0.3) is 0 Å². The Bertz CT molecular complexity index is 627. The van der Waals surface area contributed by atoms with Gasteiger partial charge in [0.05, 0.1) is 5.92 Å². The number of ether oxygens (including phenoxy) is 1. The standard InChI is InChI=1S/C18H19NO3/c1-2-21-18-17(15-11-7-4-8-12-15)16(13-19(20)22-18)14-9-5-3-6-10-14/h3-13,16-18H,2H2,1H3/t16-,17-,18-/m1/s1. The molecule has 0 amide bonds. The summed E-state index contributed by atoms with van der Waals surface area (Å²) in [4.78, 5) is 5.87. The van der Waals surface area contributed by atoms with E-state index in [9.17, 15) is 5.21 Å². The second-order valence-electron chi connectivity index (χ2n) is 5.24. The minimum Gasteiger partial charge on any atom is -0.372 e. The third kappa shape index (κ3) is 2.97. The first-order valence-electron chi connectivity index (χ1n) is 7.49. The van der Waals surface area contributed by atoms with Crippen molar-refractivity contribution in [3.63, 3.8) is 0 Å². The third-order valence-corrected chi connectivity index (χ3v) is 3.87. The highest BCUT2D eigenvalue weighted by Crippen LogP contribution is 2.38. The van der Waals surface area contributed by atoms with Gasteiger partial charge < -0.3 is 9.57 Å². The fraction of sp³-hybridized carbons (Fsp3) is 0.278. The lowest BCUT2D eigenvalue weighted by molar-refractivity contribution is -0.769. The fourth-order valence-corrected chi connectivity index (χ4v) is 2.90. The van der Waals surface area contributed by atoms with Crippen LogP contribution in [0.2, 0.25) is 0 Å². The fourth-order valence-electron chi connectivity index (χ4n) is 2.90. The maximum atomic E-state index is 11.9. The van der Waals surface area contributed by atoms with Crippen molar-refractivity contribution in [1.29, 1.82) is 0 Å². The summed E-state index contributed by atoms with van der Waals surface area (Å²) in [6, 6.07) is 20.0. The van der Waals surface area contributed by atoms with Gasteiger partial charge in [-0.25, -0.2) is 0 Å². The van der Waals surface area contributed by atoms with E-state index in [1.807, 2.05) is 67.6 Å². The minimum absolute atomic E-state index is 0.0613. The zero-order chi connectivity index (χ0) is 15.4. The molecule has 1 heterocycles. The van der Waals surface area contributed by atoms with Gasteiger partial charge in [0.1, 0.15) is 0 Å². The first-order chi connectivity index (χ1) is 10.8. The summed E-state index contributed by atoms with van der Waals surface area (Å²) in [5, 5.41) is 11.9. The summed E-state index contributed by atoms with van der Waals surface area (Å²) >= 11 is 0. The molecule has 0 aliphatic carbocycles. The van der Waals surface area contributed by atoms with Crippen molar-refractivity contribution < 1.29 is 14.5 Å². The molecule has 1 aliphatic heterocycles. The summed E-state index contributed by atoms with van der Waals surface area (Å²) in [5.41, 5.74) is 2.17. The molecule has 0 radical (unpaired) electrons. The Labute approximate surface area is 130 Å². The van der Waals surface area contributed by atoms with E-state index in [2.05, 4.69) is 0 Å². The Balaban J connectivity index is 2.05. The lowest BCUT2D eigenvalue weighted by Gasteiger charge is -2.35. The van der Waals surface area contributed by atoms with Gasteiger partial charge in [-0.2, -0.15) is 0 Å². The Morgan fingerprint density at radius 2 is 1.59 bits per heavy atom. The SMILES string of the molecule is CCO[C@@H]1O[N+]([O-])=C[C@H](c2ccccc2)[C@H]1c1ccccc1. The normalized spacial score (nSPS) is 24.4. The van der Waals surface area contributed by atoms with Gasteiger partial charge in [-0.1, -0.05) is 60.7 Å². The smallest absolute Gasteiger partial charge is 0.218 e. The molecule has 0 unspecified atom stereocenters. The first kappa shape index (κ1) is 14.6. The van der Waals surface area contributed by atoms with Crippen LogP contribution in [0.4, 0.5) is 0 Å². The van der Waals surface area contributed by atoms with Gasteiger partial charge in [0.25, 0.3) is 0 Å². The van der Waals surface area contributed by atoms with E-state index in [1.165, 1.54) is 0 Å². The van der Waals surface area contributed by atoms with Crippen molar-refractivity contribution >= 4 is 6.21 Å². The largest absolute Gasteiger partial charge is 0.372 e. The quantitative estimate of drug-likeness (QED) is 0.812. The van der Waals surface area contributed by atoms with Gasteiger partial charge >= 0.3 is 0 Å². The summed E-state index contributed by atoms with van der Waals surface area (Å²) in [7, 11) is 0. The van der Waals surface area contributed by atoms with Crippen LogP contribution >= 0.6 is 0 Å². The molecule has 114 valence electrons. The maximum absolute atomic E-state index is 11.9. The number of hydrogen-bond donors (Lipinski definition) is 0. The zero-order valence-corrected chi connectivity index (χ0v) is 12.5. The molecule has 2 aromatic rings. The van der Waals surface area contributed by atoms with Crippen LogP contribution in [-0.4, -0.2) is 24.0 Å². The second-order valence-corrected chi connectivity index (χ2v) is 5.24. The van der Waals surface area contributed by atoms with Crippen molar-refractivity contribution in [3.8, 4) is 0 Å². The predicted octanol–water partition coefficient (Wildman–Crippen LogP) is 3.44. The van der Waals surface area contributed by atoms with Crippen LogP contribution in [0.5, 0.6) is 0 Å². The predicted molar refractivity (Wildman–Crippen MR) is 84.6 cm³/mol. The first-order valence-corrected chi connectivity index (χ1v) is 7.49. The molecule has 0 bridgehead atoms. The molecule has 2 aromatic carbocycles. The molecular weight excluding hydrogens is 278 g/mol. The van der Waals surface area contributed by atoms with Gasteiger partial charge in [0.2, 0.25) is 6.21 Å². The molecule has 4 nitrogen and oxygen atoms in total. The van der Waals surface area contributed by atoms with Gasteiger partial charge in [0, 0.05) is 17.4 Å². The van der Waals surface area contributed by atoms with Crippen molar-refractivity contribution in [3.05, 3.63) is 77.0 Å². The summed E-state index contributed by atoms with van der Waals surface area (Å²) in [5.74, 6) is -0.153. The summed E-state index contributed by atoms with van der Waals surface area (Å²) in [6.07, 6.45) is 0.975. The number of benzene rings is 2. The van der Waals surface area contributed by atoms with Gasteiger partial charge in [-0.05, 0) is 18.1 Å². The van der Waals surface area contributed by atoms with Crippen molar-refractivity contribution in [2.45, 2.75) is 25.0 Å². The molecule has 0 saturated carbocycles. The second kappa shape index (κ2) is 6.62. The summed E-state index contributed by atoms with van der Waals surface area (Å²) < 4.78 is 5.69. The maximum Gasteiger partial charge on any atom is 0.218 e. The molecule has 3 rings (SSSR count). The van der Waals surface area contributed by atoms with Gasteiger partial charge in [-0.15, -0.1) is 0 Å². The molecule has 0 aromatic heterocycles. The molecule has 0 N–H and O–H groups in total. The highest BCUT2D eigenvalue weighted by molar-refractivity contribution is 5.66. The Kier molecular flexibility index (Phi) is 4.39. The van der Waals surface area contributed by atoms with Crippen LogP contribution in [0.1, 0.15) is 29.9 Å². The molecule has 0 saturated heterocycles. The zero-order valence-electron chi connectivity index (χ0n) is 12.5. The van der Waals surface area contributed by atoms with Gasteiger partial charge in [-0.3, -0.25) is 5.21 Å². The van der Waals surface area contributed by atoms with E-state index in [-0.39, 0.29) is 11.8 Å². The van der Waals surface area contributed by atoms with E-state index in [0.717, 1.165) is 11.1 Å². The number of hydrogen-bond acceptors (Lipinski definition) is 3. The lowest BCUT2D eigenvalue weighted by Crippen LogP contribution is -2.38. The molecule has 1 aliphatic rings. The van der Waals surface area contributed by atoms with E-state index in [0.29, 0.717) is 11.5 Å². The Hall–Kier alpha value is -2.33. The monoisotopic (exact) mass is 297 g/mol. The molecule has 0 spiro atoms. The van der Waals surface area contributed by atoms with Crippen LogP contribution in [0.3, 0.4) is 0 Å². The topological polar surface area (TPSA) is 44.5 Å². The average molecular weight is 297 g/mol. The van der Waals surface area contributed by atoms with Crippen LogP contribution in [-0.2, 0) is 9.57 Å². The molecule has 3 atom stereocenters. The van der Waals surface area contributed by atoms with Crippen LogP contribution in [0, 0.1) is 5.21 Å². The van der Waals surface area contributed by atoms with E-state index in [4.69, 9.17) is 9.57 Å². The molecule has 0 fully saturated rings. The lowest BCUT2D eigenvalue weighted by atomic mass is 9.81. The molecule has 22 heavy (non-hydrogen) atoms. The van der Waals surface area contributed by atoms with Crippen LogP contribution < -0.4 is 0 Å². The van der Waals surface area contributed by atoms with Crippen molar-refractivity contribution in [1.82, 2.24) is 0 Å². The van der Waals surface area contributed by atoms with E-state index < -0.39 is 6.29 Å². The van der Waals surface area contributed by atoms with E-state index >= 15 is 0 Å². The third-order valence-electron chi connectivity index (χ3n) is 3.87. The molecular formula is C18H19NO3. The molecule has 4 heteroatoms. The highest BCUT2D eigenvalue weighted by Gasteiger charge is 2.38. The van der Waals surface area contributed by atoms with Crippen molar-refractivity contribution in [2.24, 2.45) is 0 Å².